The first-order valence-corrected chi connectivity index (χ1v) is 6.95. The van der Waals surface area contributed by atoms with Gasteiger partial charge in [-0.25, -0.2) is 4.39 Å². The number of likely N-dealkylation sites (tertiary alicyclic amines) is 1. The summed E-state index contributed by atoms with van der Waals surface area (Å²) in [6.07, 6.45) is 1.50. The normalized spacial score (nSPS) is 24.6. The lowest BCUT2D eigenvalue weighted by atomic mass is 9.99. The Balaban J connectivity index is 1.95. The van der Waals surface area contributed by atoms with Gasteiger partial charge in [-0.3, -0.25) is 4.90 Å². The van der Waals surface area contributed by atoms with Crippen molar-refractivity contribution in [1.29, 1.82) is 0 Å². The van der Waals surface area contributed by atoms with Crippen molar-refractivity contribution in [2.75, 3.05) is 19.7 Å². The predicted molar refractivity (Wildman–Crippen MR) is 72.8 cm³/mol. The Kier molecular flexibility index (Phi) is 5.16. The van der Waals surface area contributed by atoms with Gasteiger partial charge in [0, 0.05) is 24.2 Å². The lowest BCUT2D eigenvalue weighted by molar-refractivity contribution is 0.0176. The van der Waals surface area contributed by atoms with Crippen molar-refractivity contribution in [1.82, 2.24) is 4.90 Å². The summed E-state index contributed by atoms with van der Waals surface area (Å²) >= 11 is 5.86. The molecule has 1 aliphatic heterocycles. The minimum absolute atomic E-state index is 0.0229. The summed E-state index contributed by atoms with van der Waals surface area (Å²) in [4.78, 5) is 2.10. The van der Waals surface area contributed by atoms with E-state index in [2.05, 4.69) is 4.90 Å². The molecule has 1 fully saturated rings. The number of halogens is 2. The van der Waals surface area contributed by atoms with Crippen LogP contribution < -0.4 is 0 Å². The maximum absolute atomic E-state index is 13.6. The van der Waals surface area contributed by atoms with E-state index in [1.54, 1.807) is 6.07 Å². The van der Waals surface area contributed by atoms with Gasteiger partial charge in [-0.2, -0.15) is 0 Å². The lowest BCUT2D eigenvalue weighted by Gasteiger charge is -2.36. The Morgan fingerprint density at radius 1 is 1.42 bits per heavy atom. The maximum Gasteiger partial charge on any atom is 0.126 e. The van der Waals surface area contributed by atoms with Crippen LogP contribution in [0.4, 0.5) is 4.39 Å². The number of nitrogens with zero attached hydrogens (tertiary/aromatic N) is 1. The monoisotopic (exact) mass is 287 g/mol. The van der Waals surface area contributed by atoms with Crippen LogP contribution in [-0.2, 0) is 6.42 Å². The van der Waals surface area contributed by atoms with E-state index in [4.69, 9.17) is 11.6 Å². The summed E-state index contributed by atoms with van der Waals surface area (Å²) in [7, 11) is 0. The smallest absolute Gasteiger partial charge is 0.126 e. The van der Waals surface area contributed by atoms with Gasteiger partial charge >= 0.3 is 0 Å². The molecular weight excluding hydrogens is 269 g/mol. The van der Waals surface area contributed by atoms with Gasteiger partial charge in [0.2, 0.25) is 0 Å². The van der Waals surface area contributed by atoms with Crippen molar-refractivity contribution in [2.24, 2.45) is 0 Å². The van der Waals surface area contributed by atoms with Crippen LogP contribution in [0.25, 0.3) is 0 Å². The third-order valence-electron chi connectivity index (χ3n) is 3.70. The molecule has 1 aromatic rings. The topological polar surface area (TPSA) is 43.7 Å². The van der Waals surface area contributed by atoms with Gasteiger partial charge in [0.1, 0.15) is 5.82 Å². The Labute approximate surface area is 117 Å². The first-order chi connectivity index (χ1) is 9.10. The largest absolute Gasteiger partial charge is 0.395 e. The predicted octanol–water partition coefficient (Wildman–Crippen LogP) is 1.84. The second kappa shape index (κ2) is 6.66. The summed E-state index contributed by atoms with van der Waals surface area (Å²) in [6.45, 7) is 1.42. The van der Waals surface area contributed by atoms with Crippen molar-refractivity contribution in [3.63, 3.8) is 0 Å². The molecule has 5 heteroatoms. The molecule has 3 nitrogen and oxygen atoms in total. The molecule has 106 valence electrons. The maximum atomic E-state index is 13.6. The third kappa shape index (κ3) is 3.89. The zero-order chi connectivity index (χ0) is 13.8. The fraction of sp³-hybridized carbons (Fsp3) is 0.571. The fourth-order valence-electron chi connectivity index (χ4n) is 2.56. The number of aliphatic hydroxyl groups excluding tert-OH is 2. The molecular formula is C14H19ClFNO2. The number of hydrogen-bond acceptors (Lipinski definition) is 3. The Morgan fingerprint density at radius 2 is 2.21 bits per heavy atom. The molecule has 1 aliphatic rings. The van der Waals surface area contributed by atoms with Crippen LogP contribution in [0.2, 0.25) is 5.02 Å². The highest BCUT2D eigenvalue weighted by Crippen LogP contribution is 2.20. The van der Waals surface area contributed by atoms with Crippen molar-refractivity contribution in [3.05, 3.63) is 34.6 Å². The first kappa shape index (κ1) is 14.7. The number of benzene rings is 1. The number of aliphatic hydroxyl groups is 2. The van der Waals surface area contributed by atoms with Gasteiger partial charge in [-0.1, -0.05) is 11.6 Å². The standard InChI is InChI=1S/C14H19ClFNO2/c15-11-1-2-14(16)10(7-11)3-5-17-6-4-13(19)8-12(17)9-18/h1-2,7,12-13,18-19H,3-6,8-9H2. The highest BCUT2D eigenvalue weighted by molar-refractivity contribution is 6.30. The molecule has 0 amide bonds. The molecule has 2 N–H and O–H groups in total. The molecule has 0 aromatic heterocycles. The quantitative estimate of drug-likeness (QED) is 0.888. The second-order valence-electron chi connectivity index (χ2n) is 5.04. The Bertz CT molecular complexity index is 430. The minimum Gasteiger partial charge on any atom is -0.395 e. The molecule has 1 heterocycles. The molecule has 1 saturated heterocycles. The summed E-state index contributed by atoms with van der Waals surface area (Å²) in [5.74, 6) is -0.248. The van der Waals surface area contributed by atoms with E-state index in [1.165, 1.54) is 12.1 Å². The van der Waals surface area contributed by atoms with Gasteiger partial charge in [-0.15, -0.1) is 0 Å². The van der Waals surface area contributed by atoms with Crippen LogP contribution in [-0.4, -0.2) is 47.0 Å². The van der Waals surface area contributed by atoms with Crippen LogP contribution in [0.5, 0.6) is 0 Å². The number of rotatable bonds is 4. The van der Waals surface area contributed by atoms with E-state index < -0.39 is 0 Å². The minimum atomic E-state index is -0.337. The lowest BCUT2D eigenvalue weighted by Crippen LogP contribution is -2.47. The van der Waals surface area contributed by atoms with Crippen LogP contribution in [0.3, 0.4) is 0 Å². The molecule has 0 aliphatic carbocycles. The molecule has 1 aromatic carbocycles. The molecule has 2 rings (SSSR count). The molecule has 0 radical (unpaired) electrons. The molecule has 19 heavy (non-hydrogen) atoms. The van der Waals surface area contributed by atoms with E-state index in [0.717, 1.165) is 6.54 Å². The van der Waals surface area contributed by atoms with Gasteiger partial charge in [0.15, 0.2) is 0 Å². The van der Waals surface area contributed by atoms with Crippen LogP contribution in [0, 0.1) is 5.82 Å². The molecule has 0 bridgehead atoms. The summed E-state index contributed by atoms with van der Waals surface area (Å²) in [5, 5.41) is 19.4. The van der Waals surface area contributed by atoms with E-state index in [-0.39, 0.29) is 24.6 Å². The average Bonchev–Trinajstić information content (AvgIpc) is 2.40. The van der Waals surface area contributed by atoms with Gasteiger partial charge in [-0.05, 0) is 43.0 Å². The van der Waals surface area contributed by atoms with Crippen molar-refractivity contribution < 1.29 is 14.6 Å². The highest BCUT2D eigenvalue weighted by Gasteiger charge is 2.26. The second-order valence-corrected chi connectivity index (χ2v) is 5.47. The van der Waals surface area contributed by atoms with E-state index >= 15 is 0 Å². The molecule has 0 saturated carbocycles. The summed E-state index contributed by atoms with van der Waals surface area (Å²) in [5.41, 5.74) is 0.593. The van der Waals surface area contributed by atoms with Crippen LogP contribution in [0.15, 0.2) is 18.2 Å². The molecule has 2 atom stereocenters. The van der Waals surface area contributed by atoms with Crippen molar-refractivity contribution in [2.45, 2.75) is 31.4 Å². The summed E-state index contributed by atoms with van der Waals surface area (Å²) < 4.78 is 13.6. The van der Waals surface area contributed by atoms with E-state index in [9.17, 15) is 14.6 Å². The van der Waals surface area contributed by atoms with Gasteiger partial charge in [0.05, 0.1) is 12.7 Å². The zero-order valence-corrected chi connectivity index (χ0v) is 11.5. The van der Waals surface area contributed by atoms with Crippen molar-refractivity contribution >= 4 is 11.6 Å². The first-order valence-electron chi connectivity index (χ1n) is 6.57. The SMILES string of the molecule is OCC1CC(O)CCN1CCc1cc(Cl)ccc1F. The third-order valence-corrected chi connectivity index (χ3v) is 3.93. The van der Waals surface area contributed by atoms with Crippen LogP contribution in [0.1, 0.15) is 18.4 Å². The Hall–Kier alpha value is -0.680. The van der Waals surface area contributed by atoms with Crippen LogP contribution >= 0.6 is 11.6 Å². The summed E-state index contributed by atoms with van der Waals surface area (Å²) in [6, 6.07) is 4.52. The molecule has 2 unspecified atom stereocenters. The number of hydrogen-bond donors (Lipinski definition) is 2. The van der Waals surface area contributed by atoms with Gasteiger partial charge < -0.3 is 10.2 Å². The zero-order valence-electron chi connectivity index (χ0n) is 10.7. The average molecular weight is 288 g/mol. The van der Waals surface area contributed by atoms with E-state index in [1.807, 2.05) is 0 Å². The molecule has 0 spiro atoms. The van der Waals surface area contributed by atoms with E-state index in [0.29, 0.717) is 36.4 Å². The Morgan fingerprint density at radius 3 is 2.95 bits per heavy atom. The van der Waals surface area contributed by atoms with Crippen molar-refractivity contribution in [3.8, 4) is 0 Å². The van der Waals surface area contributed by atoms with Gasteiger partial charge in [0.25, 0.3) is 0 Å². The highest BCUT2D eigenvalue weighted by atomic mass is 35.5. The fourth-order valence-corrected chi connectivity index (χ4v) is 2.76. The number of piperidine rings is 1.